The van der Waals surface area contributed by atoms with Crippen molar-refractivity contribution < 1.29 is 33.4 Å². The molecule has 9 heteroatoms. The molecular weight excluding hydrogens is 380 g/mol. The molecule has 0 bridgehead atoms. The molecule has 0 saturated carbocycles. The Labute approximate surface area is 165 Å². The van der Waals surface area contributed by atoms with Crippen LogP contribution in [0.15, 0.2) is 41.6 Å². The van der Waals surface area contributed by atoms with Gasteiger partial charge in [0.05, 0.1) is 19.9 Å². The van der Waals surface area contributed by atoms with Gasteiger partial charge in [-0.15, -0.1) is 0 Å². The molecule has 3 heterocycles. The number of rotatable bonds is 4. The molecule has 2 atom stereocenters. The number of amides is 2. The summed E-state index contributed by atoms with van der Waals surface area (Å²) in [5.41, 5.74) is 1.38. The Morgan fingerprint density at radius 2 is 1.76 bits per heavy atom. The van der Waals surface area contributed by atoms with E-state index < -0.39 is 23.8 Å². The minimum atomic E-state index is -1.00. The first-order chi connectivity index (χ1) is 14.1. The fraction of sp³-hybridized carbons (Fsp3) is 0.250. The molecule has 0 N–H and O–H groups in total. The lowest BCUT2D eigenvalue weighted by atomic mass is 9.94. The van der Waals surface area contributed by atoms with Crippen LogP contribution >= 0.6 is 0 Å². The van der Waals surface area contributed by atoms with Gasteiger partial charge >= 0.3 is 0 Å². The normalized spacial score (nSPS) is 21.7. The standard InChI is InChI=1S/C20H16N2O7/c1-25-12-5-3-10(7-14(12)26-2)17-16-18(29-21-17)20(24)22(19(16)23)11-4-6-13-15(8-11)28-9-27-13/h3-8,16,18H,9H2,1-2H3/t16-,18-/m1/s1. The van der Waals surface area contributed by atoms with Crippen molar-refractivity contribution in [1.82, 2.24) is 0 Å². The van der Waals surface area contributed by atoms with Gasteiger partial charge in [-0.3, -0.25) is 9.59 Å². The second-order valence-corrected chi connectivity index (χ2v) is 6.60. The fourth-order valence-corrected chi connectivity index (χ4v) is 3.69. The highest BCUT2D eigenvalue weighted by molar-refractivity contribution is 6.32. The van der Waals surface area contributed by atoms with Crippen molar-refractivity contribution >= 4 is 23.2 Å². The van der Waals surface area contributed by atoms with E-state index >= 15 is 0 Å². The van der Waals surface area contributed by atoms with Crippen molar-refractivity contribution in [2.24, 2.45) is 11.1 Å². The van der Waals surface area contributed by atoms with Crippen LogP contribution in [0.2, 0.25) is 0 Å². The molecule has 3 aliphatic heterocycles. The third-order valence-corrected chi connectivity index (χ3v) is 5.11. The molecule has 2 aromatic rings. The van der Waals surface area contributed by atoms with Crippen LogP contribution in [-0.2, 0) is 14.4 Å². The molecule has 0 aromatic heterocycles. The van der Waals surface area contributed by atoms with Crippen LogP contribution in [0, 0.1) is 5.92 Å². The average molecular weight is 396 g/mol. The van der Waals surface area contributed by atoms with Gasteiger partial charge in [0.25, 0.3) is 5.91 Å². The fourth-order valence-electron chi connectivity index (χ4n) is 3.69. The highest BCUT2D eigenvalue weighted by atomic mass is 16.7. The van der Waals surface area contributed by atoms with E-state index in [0.717, 1.165) is 4.90 Å². The number of fused-ring (bicyclic) bond motifs is 2. The molecule has 3 aliphatic rings. The maximum Gasteiger partial charge on any atom is 0.278 e. The largest absolute Gasteiger partial charge is 0.493 e. The van der Waals surface area contributed by atoms with Gasteiger partial charge in [0.2, 0.25) is 18.8 Å². The Balaban J connectivity index is 1.49. The van der Waals surface area contributed by atoms with Crippen molar-refractivity contribution in [2.75, 3.05) is 25.9 Å². The van der Waals surface area contributed by atoms with Crippen LogP contribution in [-0.4, -0.2) is 44.6 Å². The summed E-state index contributed by atoms with van der Waals surface area (Å²) in [4.78, 5) is 32.5. The number of methoxy groups -OCH3 is 2. The summed E-state index contributed by atoms with van der Waals surface area (Å²) in [7, 11) is 3.05. The molecule has 29 heavy (non-hydrogen) atoms. The first kappa shape index (κ1) is 17.4. The Morgan fingerprint density at radius 1 is 0.966 bits per heavy atom. The second-order valence-electron chi connectivity index (χ2n) is 6.60. The maximum absolute atomic E-state index is 13.2. The maximum atomic E-state index is 13.2. The Kier molecular flexibility index (Phi) is 3.83. The number of carbonyl (C=O) groups is 2. The van der Waals surface area contributed by atoms with Gasteiger partial charge in [-0.05, 0) is 30.3 Å². The summed E-state index contributed by atoms with van der Waals surface area (Å²) >= 11 is 0. The predicted octanol–water partition coefficient (Wildman–Crippen LogP) is 1.72. The summed E-state index contributed by atoms with van der Waals surface area (Å²) in [6.45, 7) is 0.102. The van der Waals surface area contributed by atoms with E-state index in [-0.39, 0.29) is 6.79 Å². The SMILES string of the molecule is COc1ccc(C2=NO[C@H]3C(=O)N(c4ccc5c(c4)OCO5)C(=O)[C@H]23)cc1OC. The number of oxime groups is 1. The third kappa shape index (κ3) is 2.50. The number of hydrogen-bond donors (Lipinski definition) is 0. The van der Waals surface area contributed by atoms with Crippen molar-refractivity contribution in [3.05, 3.63) is 42.0 Å². The molecule has 9 nitrogen and oxygen atoms in total. The summed E-state index contributed by atoms with van der Waals surface area (Å²) in [6, 6.07) is 10.1. The lowest BCUT2D eigenvalue weighted by Gasteiger charge is -2.16. The van der Waals surface area contributed by atoms with E-state index in [1.165, 1.54) is 14.2 Å². The lowest BCUT2D eigenvalue weighted by molar-refractivity contribution is -0.126. The summed E-state index contributed by atoms with van der Waals surface area (Å²) in [6.07, 6.45) is -1.00. The van der Waals surface area contributed by atoms with Gasteiger partial charge in [0.15, 0.2) is 23.0 Å². The molecule has 2 amide bonds. The number of imide groups is 1. The predicted molar refractivity (Wildman–Crippen MR) is 99.5 cm³/mol. The quantitative estimate of drug-likeness (QED) is 0.726. The Morgan fingerprint density at radius 3 is 2.55 bits per heavy atom. The van der Waals surface area contributed by atoms with Gasteiger partial charge in [0.1, 0.15) is 11.6 Å². The van der Waals surface area contributed by atoms with E-state index in [0.29, 0.717) is 40.0 Å². The van der Waals surface area contributed by atoms with Gasteiger partial charge in [-0.1, -0.05) is 5.16 Å². The van der Waals surface area contributed by atoms with E-state index in [4.69, 9.17) is 23.8 Å². The van der Waals surface area contributed by atoms with Gasteiger partial charge in [-0.2, -0.15) is 0 Å². The third-order valence-electron chi connectivity index (χ3n) is 5.11. The average Bonchev–Trinajstić information content (AvgIpc) is 3.44. The molecule has 1 fully saturated rings. The molecule has 0 aliphatic carbocycles. The zero-order valence-electron chi connectivity index (χ0n) is 15.6. The zero-order valence-corrected chi connectivity index (χ0v) is 15.6. The van der Waals surface area contributed by atoms with Crippen LogP contribution in [0.5, 0.6) is 23.0 Å². The Bertz CT molecular complexity index is 1060. The Hall–Kier alpha value is -3.75. The van der Waals surface area contributed by atoms with E-state index in [1.54, 1.807) is 36.4 Å². The first-order valence-electron chi connectivity index (χ1n) is 8.86. The lowest BCUT2D eigenvalue weighted by Crippen LogP contribution is -2.33. The number of benzene rings is 2. The van der Waals surface area contributed by atoms with Crippen LogP contribution in [0.25, 0.3) is 0 Å². The molecule has 0 spiro atoms. The molecular formula is C20H16N2O7. The monoisotopic (exact) mass is 396 g/mol. The number of carbonyl (C=O) groups excluding carboxylic acids is 2. The first-order valence-corrected chi connectivity index (χ1v) is 8.86. The number of ether oxygens (including phenoxy) is 4. The highest BCUT2D eigenvalue weighted by Crippen LogP contribution is 2.40. The number of anilines is 1. The number of nitrogens with zero attached hydrogens (tertiary/aromatic N) is 2. The molecule has 2 aromatic carbocycles. The second kappa shape index (κ2) is 6.40. The topological polar surface area (TPSA) is 95.9 Å². The smallest absolute Gasteiger partial charge is 0.278 e. The van der Waals surface area contributed by atoms with Crippen LogP contribution in [0.3, 0.4) is 0 Å². The van der Waals surface area contributed by atoms with Gasteiger partial charge in [0, 0.05) is 11.6 Å². The van der Waals surface area contributed by atoms with Crippen LogP contribution in [0.1, 0.15) is 5.56 Å². The summed E-state index contributed by atoms with van der Waals surface area (Å²) in [5.74, 6) is 0.351. The molecule has 5 rings (SSSR count). The van der Waals surface area contributed by atoms with Crippen molar-refractivity contribution in [2.45, 2.75) is 6.10 Å². The highest BCUT2D eigenvalue weighted by Gasteiger charge is 2.56. The van der Waals surface area contributed by atoms with Gasteiger partial charge in [-0.25, -0.2) is 4.90 Å². The van der Waals surface area contributed by atoms with E-state index in [2.05, 4.69) is 5.16 Å². The molecule has 1 saturated heterocycles. The molecule has 0 radical (unpaired) electrons. The molecule has 148 valence electrons. The van der Waals surface area contributed by atoms with Crippen molar-refractivity contribution in [3.63, 3.8) is 0 Å². The van der Waals surface area contributed by atoms with E-state index in [9.17, 15) is 9.59 Å². The summed E-state index contributed by atoms with van der Waals surface area (Å²) in [5, 5.41) is 4.02. The zero-order chi connectivity index (χ0) is 20.1. The van der Waals surface area contributed by atoms with Crippen LogP contribution < -0.4 is 23.8 Å². The van der Waals surface area contributed by atoms with E-state index in [1.807, 2.05) is 0 Å². The minimum absolute atomic E-state index is 0.102. The van der Waals surface area contributed by atoms with Crippen LogP contribution in [0.4, 0.5) is 5.69 Å². The summed E-state index contributed by atoms with van der Waals surface area (Å²) < 4.78 is 21.2. The van der Waals surface area contributed by atoms with Gasteiger partial charge < -0.3 is 23.8 Å². The van der Waals surface area contributed by atoms with Crippen molar-refractivity contribution in [1.29, 1.82) is 0 Å². The van der Waals surface area contributed by atoms with Crippen molar-refractivity contribution in [3.8, 4) is 23.0 Å². The number of hydrogen-bond acceptors (Lipinski definition) is 8. The molecule has 0 unspecified atom stereocenters. The minimum Gasteiger partial charge on any atom is -0.493 e.